The highest BCUT2D eigenvalue weighted by molar-refractivity contribution is 7.09. The Kier molecular flexibility index (Phi) is 5.55. The molecule has 0 unspecified atom stereocenters. The van der Waals surface area contributed by atoms with Gasteiger partial charge in [-0.05, 0) is 24.6 Å². The lowest BCUT2D eigenvalue weighted by atomic mass is 10.1. The average Bonchev–Trinajstić information content (AvgIpc) is 2.92. The van der Waals surface area contributed by atoms with E-state index in [0.29, 0.717) is 13.0 Å². The van der Waals surface area contributed by atoms with Crippen LogP contribution in [0.4, 0.5) is 5.69 Å². The monoisotopic (exact) mass is 290 g/mol. The van der Waals surface area contributed by atoms with Gasteiger partial charge in [-0.15, -0.1) is 11.3 Å². The zero-order valence-electron chi connectivity index (χ0n) is 11.5. The van der Waals surface area contributed by atoms with Crippen molar-refractivity contribution in [3.63, 3.8) is 0 Å². The zero-order valence-corrected chi connectivity index (χ0v) is 12.3. The Morgan fingerprint density at radius 3 is 3.10 bits per heavy atom. The van der Waals surface area contributed by atoms with E-state index in [1.54, 1.807) is 11.3 Å². The second kappa shape index (κ2) is 7.65. The fourth-order valence-corrected chi connectivity index (χ4v) is 2.46. The van der Waals surface area contributed by atoms with Crippen LogP contribution in [0.2, 0.25) is 0 Å². The summed E-state index contributed by atoms with van der Waals surface area (Å²) < 4.78 is 4.95. The smallest absolute Gasteiger partial charge is 0.310 e. The van der Waals surface area contributed by atoms with Gasteiger partial charge in [0.15, 0.2) is 0 Å². The number of anilines is 1. The molecule has 20 heavy (non-hydrogen) atoms. The van der Waals surface area contributed by atoms with Crippen molar-refractivity contribution in [3.8, 4) is 0 Å². The van der Waals surface area contributed by atoms with Crippen molar-refractivity contribution in [2.24, 2.45) is 0 Å². The highest BCUT2D eigenvalue weighted by Crippen LogP contribution is 2.13. The van der Waals surface area contributed by atoms with E-state index in [9.17, 15) is 4.79 Å². The summed E-state index contributed by atoms with van der Waals surface area (Å²) in [5, 5.41) is 3.36. The van der Waals surface area contributed by atoms with E-state index in [-0.39, 0.29) is 5.97 Å². The Bertz CT molecular complexity index is 541. The molecule has 0 saturated carbocycles. The first-order chi connectivity index (χ1) is 9.78. The summed E-state index contributed by atoms with van der Waals surface area (Å²) in [5.74, 6) is -0.186. The van der Waals surface area contributed by atoms with E-state index in [2.05, 4.69) is 10.3 Å². The lowest BCUT2D eigenvalue weighted by Gasteiger charge is -2.07. The van der Waals surface area contributed by atoms with E-state index in [1.165, 1.54) is 4.88 Å². The minimum atomic E-state index is -0.186. The molecule has 0 aliphatic carbocycles. The van der Waals surface area contributed by atoms with Crippen LogP contribution in [0, 0.1) is 0 Å². The molecule has 0 bridgehead atoms. The average molecular weight is 290 g/mol. The molecule has 5 heteroatoms. The van der Waals surface area contributed by atoms with Crippen molar-refractivity contribution in [1.82, 2.24) is 4.98 Å². The fourth-order valence-electron chi connectivity index (χ4n) is 1.87. The Hall–Kier alpha value is -1.88. The van der Waals surface area contributed by atoms with Crippen LogP contribution in [-0.2, 0) is 22.4 Å². The van der Waals surface area contributed by atoms with Gasteiger partial charge in [-0.2, -0.15) is 0 Å². The molecular weight excluding hydrogens is 272 g/mol. The zero-order chi connectivity index (χ0) is 14.2. The number of carbonyl (C=O) groups excluding carboxylic acids is 1. The predicted octanol–water partition coefficient (Wildman–Crippen LogP) is 2.90. The van der Waals surface area contributed by atoms with Gasteiger partial charge in [-0.25, -0.2) is 0 Å². The van der Waals surface area contributed by atoms with E-state index in [0.717, 1.165) is 24.2 Å². The van der Waals surface area contributed by atoms with Crippen molar-refractivity contribution in [1.29, 1.82) is 0 Å². The molecule has 4 nitrogen and oxygen atoms in total. The van der Waals surface area contributed by atoms with E-state index >= 15 is 0 Å². The summed E-state index contributed by atoms with van der Waals surface area (Å²) in [6.07, 6.45) is 3.16. The molecule has 1 aromatic carbocycles. The number of nitrogens with one attached hydrogen (secondary N) is 1. The summed E-state index contributed by atoms with van der Waals surface area (Å²) in [6.45, 7) is 3.09. The SMILES string of the molecule is CCOC(=O)Cc1cccc(NCCc2cncs2)c1. The highest BCUT2D eigenvalue weighted by atomic mass is 32.1. The third-order valence-corrected chi connectivity index (χ3v) is 3.60. The number of thiazole rings is 1. The first kappa shape index (κ1) is 14.5. The standard InChI is InChI=1S/C15H18N2O2S/c1-2-19-15(18)9-12-4-3-5-13(8-12)17-7-6-14-10-16-11-20-14/h3-5,8,10-11,17H,2,6-7,9H2,1H3. The quantitative estimate of drug-likeness (QED) is 0.797. The second-order valence-corrected chi connectivity index (χ2v) is 5.30. The number of hydrogen-bond donors (Lipinski definition) is 1. The van der Waals surface area contributed by atoms with Crippen molar-refractivity contribution >= 4 is 23.0 Å². The topological polar surface area (TPSA) is 51.2 Å². The third-order valence-electron chi connectivity index (χ3n) is 2.76. The summed E-state index contributed by atoms with van der Waals surface area (Å²) in [6, 6.07) is 7.87. The van der Waals surface area contributed by atoms with Gasteiger partial charge < -0.3 is 10.1 Å². The molecule has 0 saturated heterocycles. The van der Waals surface area contributed by atoms with E-state index in [1.807, 2.05) is 42.9 Å². The van der Waals surface area contributed by atoms with Gasteiger partial charge >= 0.3 is 5.97 Å². The van der Waals surface area contributed by atoms with Crippen molar-refractivity contribution in [2.45, 2.75) is 19.8 Å². The minimum Gasteiger partial charge on any atom is -0.466 e. The van der Waals surface area contributed by atoms with Crippen LogP contribution < -0.4 is 5.32 Å². The highest BCUT2D eigenvalue weighted by Gasteiger charge is 2.04. The molecule has 1 aromatic heterocycles. The van der Waals surface area contributed by atoms with Gasteiger partial charge in [0.05, 0.1) is 18.5 Å². The first-order valence-corrected chi connectivity index (χ1v) is 7.51. The molecule has 0 amide bonds. The molecule has 0 aliphatic heterocycles. The molecule has 0 atom stereocenters. The van der Waals surface area contributed by atoms with Crippen LogP contribution >= 0.6 is 11.3 Å². The summed E-state index contributed by atoms with van der Waals surface area (Å²) in [5.41, 5.74) is 3.83. The van der Waals surface area contributed by atoms with Crippen LogP contribution in [0.5, 0.6) is 0 Å². The normalized spacial score (nSPS) is 10.2. The van der Waals surface area contributed by atoms with Crippen molar-refractivity contribution < 1.29 is 9.53 Å². The lowest BCUT2D eigenvalue weighted by molar-refractivity contribution is -0.142. The van der Waals surface area contributed by atoms with Gasteiger partial charge in [0.1, 0.15) is 0 Å². The Labute approximate surface area is 122 Å². The lowest BCUT2D eigenvalue weighted by Crippen LogP contribution is -2.08. The molecule has 0 aliphatic rings. The van der Waals surface area contributed by atoms with Gasteiger partial charge in [0.2, 0.25) is 0 Å². The largest absolute Gasteiger partial charge is 0.466 e. The number of nitrogens with zero attached hydrogens (tertiary/aromatic N) is 1. The van der Waals surface area contributed by atoms with Crippen LogP contribution in [0.1, 0.15) is 17.4 Å². The number of rotatable bonds is 7. The van der Waals surface area contributed by atoms with E-state index in [4.69, 9.17) is 4.74 Å². The number of carbonyl (C=O) groups is 1. The molecule has 1 N–H and O–H groups in total. The molecule has 106 valence electrons. The van der Waals surface area contributed by atoms with Gasteiger partial charge in [0, 0.05) is 29.7 Å². The Balaban J connectivity index is 1.84. The number of benzene rings is 1. The second-order valence-electron chi connectivity index (χ2n) is 4.33. The van der Waals surface area contributed by atoms with Crippen molar-refractivity contribution in [3.05, 3.63) is 46.4 Å². The van der Waals surface area contributed by atoms with Crippen LogP contribution in [-0.4, -0.2) is 24.1 Å². The van der Waals surface area contributed by atoms with Crippen molar-refractivity contribution in [2.75, 3.05) is 18.5 Å². The minimum absolute atomic E-state index is 0.186. The molecule has 0 radical (unpaired) electrons. The molecule has 1 heterocycles. The molecule has 0 fully saturated rings. The third kappa shape index (κ3) is 4.66. The first-order valence-electron chi connectivity index (χ1n) is 6.63. The Morgan fingerprint density at radius 1 is 1.45 bits per heavy atom. The predicted molar refractivity (Wildman–Crippen MR) is 81.1 cm³/mol. The van der Waals surface area contributed by atoms with Crippen LogP contribution in [0.3, 0.4) is 0 Å². The summed E-state index contributed by atoms with van der Waals surface area (Å²) in [7, 11) is 0. The summed E-state index contributed by atoms with van der Waals surface area (Å²) in [4.78, 5) is 16.8. The van der Waals surface area contributed by atoms with E-state index < -0.39 is 0 Å². The maximum absolute atomic E-state index is 11.4. The maximum Gasteiger partial charge on any atom is 0.310 e. The van der Waals surface area contributed by atoms with Crippen LogP contribution in [0.25, 0.3) is 0 Å². The number of aromatic nitrogens is 1. The van der Waals surface area contributed by atoms with Gasteiger partial charge in [0.25, 0.3) is 0 Å². The molecule has 0 spiro atoms. The molecule has 2 aromatic rings. The Morgan fingerprint density at radius 2 is 2.35 bits per heavy atom. The van der Waals surface area contributed by atoms with Gasteiger partial charge in [-0.1, -0.05) is 12.1 Å². The van der Waals surface area contributed by atoms with Gasteiger partial charge in [-0.3, -0.25) is 9.78 Å². The summed E-state index contributed by atoms with van der Waals surface area (Å²) >= 11 is 1.66. The number of hydrogen-bond acceptors (Lipinski definition) is 5. The fraction of sp³-hybridized carbons (Fsp3) is 0.333. The van der Waals surface area contributed by atoms with Crippen LogP contribution in [0.15, 0.2) is 36.0 Å². The molecular formula is C15H18N2O2S. The molecule has 2 rings (SSSR count). The maximum atomic E-state index is 11.4. The number of esters is 1. The number of ether oxygens (including phenoxy) is 1.